The number of para-hydroxylation sites is 1. The Morgan fingerprint density at radius 1 is 0.818 bits per heavy atom. The number of hydrogen-bond acceptors (Lipinski definition) is 5. The largest absolute Gasteiger partial charge is 0.496 e. The molecule has 3 aromatic rings. The molecule has 6 heteroatoms. The fourth-order valence-corrected chi connectivity index (χ4v) is 4.94. The summed E-state index contributed by atoms with van der Waals surface area (Å²) in [5, 5.41) is 0. The number of carbonyl (C=O) groups is 2. The molecule has 0 atom stereocenters. The molecule has 0 unspecified atom stereocenters. The van der Waals surface area contributed by atoms with Crippen molar-refractivity contribution in [2.45, 2.75) is 18.7 Å². The van der Waals surface area contributed by atoms with Gasteiger partial charge in [-0.1, -0.05) is 48.2 Å². The topological polar surface area (TPSA) is 49.9 Å². The zero-order valence-corrected chi connectivity index (χ0v) is 19.8. The zero-order valence-electron chi connectivity index (χ0n) is 18.9. The average molecular weight is 459 g/mol. The number of carbonyl (C=O) groups excluding carboxylic acids is 2. The van der Waals surface area contributed by atoms with Crippen molar-refractivity contribution < 1.29 is 14.3 Å². The quantitative estimate of drug-likeness (QED) is 0.410. The van der Waals surface area contributed by atoms with Crippen LogP contribution >= 0.6 is 11.8 Å². The first-order valence-corrected chi connectivity index (χ1v) is 11.7. The van der Waals surface area contributed by atoms with Gasteiger partial charge in [0.15, 0.2) is 0 Å². The van der Waals surface area contributed by atoms with E-state index in [1.807, 2.05) is 72.8 Å². The minimum Gasteiger partial charge on any atom is -0.496 e. The van der Waals surface area contributed by atoms with E-state index in [-0.39, 0.29) is 11.8 Å². The molecule has 0 fully saturated rings. The number of nitrogens with zero attached hydrogens (tertiary/aromatic N) is 2. The molecule has 0 spiro atoms. The van der Waals surface area contributed by atoms with E-state index in [0.29, 0.717) is 27.5 Å². The highest BCUT2D eigenvalue weighted by Crippen LogP contribution is 2.43. The van der Waals surface area contributed by atoms with Gasteiger partial charge in [-0.2, -0.15) is 0 Å². The van der Waals surface area contributed by atoms with E-state index in [9.17, 15) is 9.59 Å². The van der Waals surface area contributed by atoms with Crippen molar-refractivity contribution in [2.75, 3.05) is 30.0 Å². The van der Waals surface area contributed by atoms with Crippen LogP contribution in [0.2, 0.25) is 0 Å². The van der Waals surface area contributed by atoms with E-state index in [4.69, 9.17) is 4.74 Å². The van der Waals surface area contributed by atoms with Crippen LogP contribution < -0.4 is 14.5 Å². The molecule has 0 saturated carbocycles. The lowest BCUT2D eigenvalue weighted by Gasteiger charge is -2.22. The standard InChI is InChI=1S/C27H26N2O3S/c1-4-28(5-2)19-15-17-20(18-16-19)29-26(30)24(22-13-9-10-14-23(22)32-3)25(27(29)31)33-21-11-7-6-8-12-21/h6-18H,4-5H2,1-3H3. The van der Waals surface area contributed by atoms with Crippen LogP contribution in [0.5, 0.6) is 5.75 Å². The second-order valence-corrected chi connectivity index (χ2v) is 8.54. The van der Waals surface area contributed by atoms with Gasteiger partial charge in [0.05, 0.1) is 23.3 Å². The molecule has 33 heavy (non-hydrogen) atoms. The Hall–Kier alpha value is -3.51. The van der Waals surface area contributed by atoms with Gasteiger partial charge in [-0.15, -0.1) is 0 Å². The number of thioether (sulfide) groups is 1. The molecule has 3 aromatic carbocycles. The van der Waals surface area contributed by atoms with Crippen LogP contribution in [-0.2, 0) is 9.59 Å². The van der Waals surface area contributed by atoms with E-state index in [2.05, 4.69) is 18.7 Å². The van der Waals surface area contributed by atoms with Crippen LogP contribution in [0.4, 0.5) is 11.4 Å². The van der Waals surface area contributed by atoms with Crippen molar-refractivity contribution in [3.05, 3.63) is 89.3 Å². The van der Waals surface area contributed by atoms with Crippen molar-refractivity contribution in [2.24, 2.45) is 0 Å². The van der Waals surface area contributed by atoms with Crippen molar-refractivity contribution in [1.29, 1.82) is 0 Å². The summed E-state index contributed by atoms with van der Waals surface area (Å²) in [5.74, 6) is -0.123. The van der Waals surface area contributed by atoms with Crippen LogP contribution in [0.1, 0.15) is 19.4 Å². The summed E-state index contributed by atoms with van der Waals surface area (Å²) in [5.41, 5.74) is 2.58. The minimum absolute atomic E-state index is 0.328. The zero-order chi connectivity index (χ0) is 23.4. The number of amides is 2. The first-order chi connectivity index (χ1) is 16.1. The summed E-state index contributed by atoms with van der Waals surface area (Å²) in [7, 11) is 1.56. The molecule has 5 nitrogen and oxygen atoms in total. The van der Waals surface area contributed by atoms with Crippen LogP contribution in [0, 0.1) is 0 Å². The summed E-state index contributed by atoms with van der Waals surface area (Å²) in [6.07, 6.45) is 0. The fourth-order valence-electron chi connectivity index (χ4n) is 3.94. The summed E-state index contributed by atoms with van der Waals surface area (Å²) in [4.78, 5) is 32.1. The number of ether oxygens (including phenoxy) is 1. The summed E-state index contributed by atoms with van der Waals surface area (Å²) < 4.78 is 5.52. The van der Waals surface area contributed by atoms with Crippen LogP contribution in [-0.4, -0.2) is 32.0 Å². The monoisotopic (exact) mass is 458 g/mol. The molecule has 0 radical (unpaired) electrons. The maximum absolute atomic E-state index is 13.7. The SMILES string of the molecule is CCN(CC)c1ccc(N2C(=O)C(Sc3ccccc3)=C(c3ccccc3OC)C2=O)cc1. The molecule has 2 amide bonds. The molecule has 0 aromatic heterocycles. The van der Waals surface area contributed by atoms with Crippen molar-refractivity contribution in [3.63, 3.8) is 0 Å². The Labute approximate surface area is 198 Å². The molecule has 1 heterocycles. The summed E-state index contributed by atoms with van der Waals surface area (Å²) >= 11 is 1.30. The number of imide groups is 1. The summed E-state index contributed by atoms with van der Waals surface area (Å²) in [6.45, 7) is 5.96. The third kappa shape index (κ3) is 4.39. The van der Waals surface area contributed by atoms with Crippen LogP contribution in [0.3, 0.4) is 0 Å². The number of rotatable bonds is 8. The van der Waals surface area contributed by atoms with Gasteiger partial charge >= 0.3 is 0 Å². The number of anilines is 2. The lowest BCUT2D eigenvalue weighted by atomic mass is 10.0. The Bertz CT molecular complexity index is 1190. The molecule has 168 valence electrons. The Morgan fingerprint density at radius 3 is 2.09 bits per heavy atom. The van der Waals surface area contributed by atoms with Crippen LogP contribution in [0.15, 0.2) is 88.7 Å². The number of methoxy groups -OCH3 is 1. The first kappa shape index (κ1) is 22.7. The van der Waals surface area contributed by atoms with Gasteiger partial charge in [0.1, 0.15) is 5.75 Å². The average Bonchev–Trinajstić information content (AvgIpc) is 3.10. The van der Waals surface area contributed by atoms with Crippen molar-refractivity contribution in [1.82, 2.24) is 0 Å². The van der Waals surface area contributed by atoms with E-state index in [1.54, 1.807) is 13.2 Å². The predicted octanol–water partition coefficient (Wildman–Crippen LogP) is 5.62. The number of hydrogen-bond donors (Lipinski definition) is 0. The molecule has 1 aliphatic rings. The number of benzene rings is 3. The molecule has 4 rings (SSSR count). The maximum Gasteiger partial charge on any atom is 0.272 e. The van der Waals surface area contributed by atoms with E-state index >= 15 is 0 Å². The normalized spacial score (nSPS) is 13.6. The maximum atomic E-state index is 13.7. The van der Waals surface area contributed by atoms with E-state index in [0.717, 1.165) is 23.7 Å². The van der Waals surface area contributed by atoms with Gasteiger partial charge in [0.2, 0.25) is 0 Å². The molecular weight excluding hydrogens is 432 g/mol. The van der Waals surface area contributed by atoms with Gasteiger partial charge in [0.25, 0.3) is 11.8 Å². The third-order valence-electron chi connectivity index (χ3n) is 5.62. The summed E-state index contributed by atoms with van der Waals surface area (Å²) in [6, 6.07) is 24.5. The fraction of sp³-hybridized carbons (Fsp3) is 0.185. The Kier molecular flexibility index (Phi) is 6.84. The van der Waals surface area contributed by atoms with Gasteiger partial charge in [-0.25, -0.2) is 4.90 Å². The lowest BCUT2D eigenvalue weighted by Crippen LogP contribution is -2.31. The molecule has 0 N–H and O–H groups in total. The van der Waals surface area contributed by atoms with Gasteiger partial charge in [0, 0.05) is 29.2 Å². The second-order valence-electron chi connectivity index (χ2n) is 7.45. The van der Waals surface area contributed by atoms with Gasteiger partial charge in [-0.05, 0) is 56.3 Å². The van der Waals surface area contributed by atoms with Gasteiger partial charge in [-0.3, -0.25) is 9.59 Å². The van der Waals surface area contributed by atoms with Crippen molar-refractivity contribution in [3.8, 4) is 5.75 Å². The molecule has 0 saturated heterocycles. The van der Waals surface area contributed by atoms with Crippen LogP contribution in [0.25, 0.3) is 5.57 Å². The highest BCUT2D eigenvalue weighted by Gasteiger charge is 2.41. The van der Waals surface area contributed by atoms with E-state index in [1.165, 1.54) is 16.7 Å². The second kappa shape index (κ2) is 9.96. The highest BCUT2D eigenvalue weighted by atomic mass is 32.2. The molecule has 0 bridgehead atoms. The Balaban J connectivity index is 1.78. The predicted molar refractivity (Wildman–Crippen MR) is 135 cm³/mol. The van der Waals surface area contributed by atoms with Gasteiger partial charge < -0.3 is 9.64 Å². The smallest absolute Gasteiger partial charge is 0.272 e. The van der Waals surface area contributed by atoms with Crippen molar-refractivity contribution >= 4 is 40.5 Å². The lowest BCUT2D eigenvalue weighted by molar-refractivity contribution is -0.119. The molecule has 1 aliphatic heterocycles. The third-order valence-corrected chi connectivity index (χ3v) is 6.71. The highest BCUT2D eigenvalue weighted by molar-refractivity contribution is 8.04. The minimum atomic E-state index is -0.349. The Morgan fingerprint density at radius 2 is 1.45 bits per heavy atom. The molecular formula is C27H26N2O3S. The molecule has 0 aliphatic carbocycles. The van der Waals surface area contributed by atoms with E-state index < -0.39 is 0 Å². The first-order valence-electron chi connectivity index (χ1n) is 10.9.